The molecule has 0 aromatic carbocycles. The molecule has 36 heavy (non-hydrogen) atoms. The molecule has 9 nitrogen and oxygen atoms in total. The number of aliphatic hydroxyl groups is 1. The maximum absolute atomic E-state index is 12.9. The van der Waals surface area contributed by atoms with Gasteiger partial charge >= 0.3 is 6.18 Å². The molecule has 1 aliphatic carbocycles. The van der Waals surface area contributed by atoms with Gasteiger partial charge in [0.2, 0.25) is 5.91 Å². The van der Waals surface area contributed by atoms with Gasteiger partial charge in [0.1, 0.15) is 17.8 Å². The number of piperidine rings is 1. The van der Waals surface area contributed by atoms with Crippen LogP contribution >= 0.6 is 0 Å². The second-order valence-electron chi connectivity index (χ2n) is 9.62. The van der Waals surface area contributed by atoms with Crippen LogP contribution in [0.15, 0.2) is 36.9 Å². The highest BCUT2D eigenvalue weighted by Crippen LogP contribution is 2.36. The Morgan fingerprint density at radius 3 is 2.61 bits per heavy atom. The summed E-state index contributed by atoms with van der Waals surface area (Å²) in [6.45, 7) is 2.12. The van der Waals surface area contributed by atoms with Crippen LogP contribution in [-0.2, 0) is 24.1 Å². The van der Waals surface area contributed by atoms with Crippen LogP contribution in [0.4, 0.5) is 19.0 Å². The number of fused-ring (bicyclic) bond motifs is 1. The van der Waals surface area contributed by atoms with Gasteiger partial charge in [-0.05, 0) is 44.0 Å². The third kappa shape index (κ3) is 5.29. The largest absolute Gasteiger partial charge is 0.417 e. The van der Waals surface area contributed by atoms with Gasteiger partial charge in [0.25, 0.3) is 0 Å². The number of nitrogens with zero attached hydrogens (tertiary/aromatic N) is 6. The Morgan fingerprint density at radius 2 is 1.97 bits per heavy atom. The van der Waals surface area contributed by atoms with E-state index in [-0.39, 0.29) is 18.5 Å². The van der Waals surface area contributed by atoms with E-state index < -0.39 is 23.8 Å². The molecule has 2 aliphatic rings. The lowest BCUT2D eigenvalue weighted by molar-refractivity contribution is -0.137. The maximum atomic E-state index is 12.9. The number of nitrogens with two attached hydrogens (primary N) is 1. The predicted octanol–water partition coefficient (Wildman–Crippen LogP) is 2.18. The molecule has 0 spiro atoms. The second-order valence-corrected chi connectivity index (χ2v) is 9.62. The summed E-state index contributed by atoms with van der Waals surface area (Å²) in [6.07, 6.45) is 1.95. The first-order valence-electron chi connectivity index (χ1n) is 12.0. The molecule has 2 fully saturated rings. The standard InChI is InChI=1S/C24H28F3N7O2/c25-24(26,27)16-1-2-17(29-9-16)11-34(18-3-4-18)23-19-6-8-33(22(19)30-14-31-23)10-15-5-7-32(12-20(15)35)13-21(28)36/h1-2,6,8-9,14-15,18,20,35H,3-5,7,10-13H2,(H2,28,36)/t15-,20+/m1/s1. The van der Waals surface area contributed by atoms with E-state index >= 15 is 0 Å². The van der Waals surface area contributed by atoms with E-state index in [1.165, 1.54) is 12.4 Å². The molecule has 0 bridgehead atoms. The Balaban J connectivity index is 1.34. The summed E-state index contributed by atoms with van der Waals surface area (Å²) < 4.78 is 40.8. The van der Waals surface area contributed by atoms with Crippen LogP contribution in [-0.4, -0.2) is 67.2 Å². The predicted molar refractivity (Wildman–Crippen MR) is 126 cm³/mol. The van der Waals surface area contributed by atoms with Gasteiger partial charge in [-0.25, -0.2) is 9.97 Å². The number of carbonyl (C=O) groups excluding carboxylic acids is 1. The van der Waals surface area contributed by atoms with Gasteiger partial charge in [0, 0.05) is 37.4 Å². The van der Waals surface area contributed by atoms with Crippen molar-refractivity contribution in [1.29, 1.82) is 0 Å². The van der Waals surface area contributed by atoms with Crippen molar-refractivity contribution in [1.82, 2.24) is 24.4 Å². The number of anilines is 1. The zero-order valence-corrected chi connectivity index (χ0v) is 19.6. The third-order valence-electron chi connectivity index (χ3n) is 6.90. The van der Waals surface area contributed by atoms with Crippen molar-refractivity contribution in [2.45, 2.75) is 50.7 Å². The van der Waals surface area contributed by atoms with Gasteiger partial charge in [-0.1, -0.05) is 0 Å². The van der Waals surface area contributed by atoms with Gasteiger partial charge in [-0.2, -0.15) is 13.2 Å². The molecule has 3 aromatic heterocycles. The lowest BCUT2D eigenvalue weighted by Gasteiger charge is -2.35. The highest BCUT2D eigenvalue weighted by molar-refractivity contribution is 5.88. The number of alkyl halides is 3. The number of hydrogen-bond donors (Lipinski definition) is 2. The summed E-state index contributed by atoms with van der Waals surface area (Å²) in [7, 11) is 0. The minimum absolute atomic E-state index is 0.000904. The number of primary amides is 1. The van der Waals surface area contributed by atoms with Crippen LogP contribution < -0.4 is 10.6 Å². The summed E-state index contributed by atoms with van der Waals surface area (Å²) in [5.41, 5.74) is 5.78. The van der Waals surface area contributed by atoms with Crippen molar-refractivity contribution in [3.63, 3.8) is 0 Å². The third-order valence-corrected chi connectivity index (χ3v) is 6.90. The van der Waals surface area contributed by atoms with E-state index in [0.29, 0.717) is 31.9 Å². The van der Waals surface area contributed by atoms with E-state index in [1.807, 2.05) is 21.7 Å². The number of amides is 1. The topological polar surface area (TPSA) is 113 Å². The highest BCUT2D eigenvalue weighted by atomic mass is 19.4. The number of hydrogen-bond acceptors (Lipinski definition) is 7. The Morgan fingerprint density at radius 1 is 1.17 bits per heavy atom. The van der Waals surface area contributed by atoms with Gasteiger partial charge in [0.05, 0.1) is 35.8 Å². The van der Waals surface area contributed by atoms with Crippen LogP contribution in [0.1, 0.15) is 30.5 Å². The first-order valence-corrected chi connectivity index (χ1v) is 12.0. The van der Waals surface area contributed by atoms with Crippen LogP contribution in [0, 0.1) is 5.92 Å². The zero-order valence-electron chi connectivity index (χ0n) is 19.6. The quantitative estimate of drug-likeness (QED) is 0.485. The van der Waals surface area contributed by atoms with Crippen LogP contribution in [0.5, 0.6) is 0 Å². The second kappa shape index (κ2) is 9.66. The first-order chi connectivity index (χ1) is 17.2. The Bertz CT molecular complexity index is 1230. The van der Waals surface area contributed by atoms with E-state index in [9.17, 15) is 23.1 Å². The normalized spacial score (nSPS) is 21.1. The summed E-state index contributed by atoms with van der Waals surface area (Å²) in [4.78, 5) is 28.2. The zero-order chi connectivity index (χ0) is 25.4. The average Bonchev–Trinajstić information content (AvgIpc) is 3.59. The Kier molecular flexibility index (Phi) is 6.56. The molecule has 3 aromatic rings. The molecule has 0 unspecified atom stereocenters. The smallest absolute Gasteiger partial charge is 0.391 e. The van der Waals surface area contributed by atoms with Crippen molar-refractivity contribution in [3.05, 3.63) is 48.2 Å². The summed E-state index contributed by atoms with van der Waals surface area (Å²) in [5, 5.41) is 11.5. The summed E-state index contributed by atoms with van der Waals surface area (Å²) >= 11 is 0. The van der Waals surface area contributed by atoms with Gasteiger partial charge < -0.3 is 20.3 Å². The molecular weight excluding hydrogens is 475 g/mol. The van der Waals surface area contributed by atoms with Crippen molar-refractivity contribution in [3.8, 4) is 0 Å². The number of likely N-dealkylation sites (tertiary alicyclic amines) is 1. The molecule has 1 amide bonds. The number of halogens is 3. The monoisotopic (exact) mass is 503 g/mol. The molecule has 0 radical (unpaired) electrons. The van der Waals surface area contributed by atoms with Gasteiger partial charge in [-0.3, -0.25) is 14.7 Å². The van der Waals surface area contributed by atoms with Crippen molar-refractivity contribution in [2.75, 3.05) is 24.5 Å². The minimum Gasteiger partial charge on any atom is -0.391 e. The number of carbonyl (C=O) groups is 1. The van der Waals surface area contributed by atoms with Gasteiger partial charge in [-0.15, -0.1) is 0 Å². The highest BCUT2D eigenvalue weighted by Gasteiger charge is 2.34. The molecule has 192 valence electrons. The molecule has 2 atom stereocenters. The molecule has 3 N–H and O–H groups in total. The fraction of sp³-hybridized carbons (Fsp3) is 0.500. The van der Waals surface area contributed by atoms with Gasteiger partial charge in [0.15, 0.2) is 0 Å². The van der Waals surface area contributed by atoms with Crippen LogP contribution in [0.2, 0.25) is 0 Å². The lowest BCUT2D eigenvalue weighted by Crippen LogP contribution is -2.47. The summed E-state index contributed by atoms with van der Waals surface area (Å²) in [6, 6.07) is 4.65. The minimum atomic E-state index is -4.42. The van der Waals surface area contributed by atoms with Crippen LogP contribution in [0.25, 0.3) is 11.0 Å². The number of pyridine rings is 1. The van der Waals surface area contributed by atoms with Crippen molar-refractivity contribution in [2.24, 2.45) is 11.7 Å². The molecule has 1 saturated carbocycles. The Labute approximate surface area is 205 Å². The number of aliphatic hydroxyl groups excluding tert-OH is 1. The fourth-order valence-electron chi connectivity index (χ4n) is 4.87. The Hall–Kier alpha value is -3.25. The number of rotatable bonds is 8. The summed E-state index contributed by atoms with van der Waals surface area (Å²) in [5.74, 6) is 0.312. The molecular formula is C24H28F3N7O2. The van der Waals surface area contributed by atoms with E-state index in [4.69, 9.17) is 5.73 Å². The van der Waals surface area contributed by atoms with E-state index in [1.54, 1.807) is 0 Å². The number of β-amino-alcohol motifs (C(OH)–C–C–N with tert-alkyl or cyclic N) is 1. The average molecular weight is 504 g/mol. The lowest BCUT2D eigenvalue weighted by atomic mass is 9.93. The van der Waals surface area contributed by atoms with Crippen LogP contribution in [0.3, 0.4) is 0 Å². The molecule has 5 rings (SSSR count). The number of aromatic nitrogens is 4. The SMILES string of the molecule is NC(=O)CN1CC[C@H](Cn2ccc3c(N(Cc4ccc(C(F)(F)F)cn4)C4CC4)ncnc32)[C@@H](O)C1. The van der Waals surface area contributed by atoms with Crippen molar-refractivity contribution >= 4 is 22.8 Å². The van der Waals surface area contributed by atoms with E-state index in [0.717, 1.165) is 48.4 Å². The molecule has 1 saturated heterocycles. The molecule has 4 heterocycles. The maximum Gasteiger partial charge on any atom is 0.417 e. The first kappa shape index (κ1) is 24.4. The van der Waals surface area contributed by atoms with Crippen molar-refractivity contribution < 1.29 is 23.1 Å². The van der Waals surface area contributed by atoms with E-state index in [2.05, 4.69) is 19.9 Å². The molecule has 12 heteroatoms. The fourth-order valence-corrected chi connectivity index (χ4v) is 4.87. The molecule has 1 aliphatic heterocycles.